The lowest BCUT2D eigenvalue weighted by Gasteiger charge is -2.39. The molecule has 0 spiro atoms. The first-order chi connectivity index (χ1) is 8.63. The molecule has 1 saturated carbocycles. The van der Waals surface area contributed by atoms with Gasteiger partial charge in [0, 0.05) is 19.0 Å². The number of hydrogen-bond donors (Lipinski definition) is 1. The van der Waals surface area contributed by atoms with Crippen LogP contribution in [0.15, 0.2) is 0 Å². The van der Waals surface area contributed by atoms with E-state index in [-0.39, 0.29) is 5.92 Å². The molecule has 3 heteroatoms. The third kappa shape index (κ3) is 2.87. The Hall–Kier alpha value is -0.570. The minimum atomic E-state index is 0.195. The molecule has 0 aromatic carbocycles. The van der Waals surface area contributed by atoms with Crippen LogP contribution in [0.2, 0.25) is 0 Å². The summed E-state index contributed by atoms with van der Waals surface area (Å²) >= 11 is 0. The van der Waals surface area contributed by atoms with E-state index in [1.165, 1.54) is 32.1 Å². The van der Waals surface area contributed by atoms with Gasteiger partial charge in [0.25, 0.3) is 0 Å². The average Bonchev–Trinajstić information content (AvgIpc) is 2.35. The van der Waals surface area contributed by atoms with E-state index >= 15 is 0 Å². The third-order valence-corrected chi connectivity index (χ3v) is 5.20. The number of carbonyl (C=O) groups excluding carboxylic acids is 1. The molecule has 3 nitrogen and oxygen atoms in total. The van der Waals surface area contributed by atoms with Crippen LogP contribution in [-0.4, -0.2) is 37.0 Å². The van der Waals surface area contributed by atoms with Crippen LogP contribution in [0.3, 0.4) is 0 Å². The van der Waals surface area contributed by atoms with Gasteiger partial charge in [-0.1, -0.05) is 20.3 Å². The fraction of sp³-hybridized carbons (Fsp3) is 0.933. The smallest absolute Gasteiger partial charge is 0.225 e. The van der Waals surface area contributed by atoms with Crippen LogP contribution in [0.1, 0.15) is 46.0 Å². The molecule has 1 N–H and O–H groups in total. The van der Waals surface area contributed by atoms with E-state index in [2.05, 4.69) is 24.1 Å². The summed E-state index contributed by atoms with van der Waals surface area (Å²) in [6.07, 6.45) is 6.32. The van der Waals surface area contributed by atoms with E-state index in [1.54, 1.807) is 0 Å². The van der Waals surface area contributed by atoms with E-state index in [9.17, 15) is 4.79 Å². The zero-order valence-electron chi connectivity index (χ0n) is 12.1. The van der Waals surface area contributed by atoms with Crippen molar-refractivity contribution in [2.24, 2.45) is 17.8 Å². The Morgan fingerprint density at radius 3 is 2.33 bits per heavy atom. The Balaban J connectivity index is 1.83. The van der Waals surface area contributed by atoms with Crippen molar-refractivity contribution >= 4 is 5.91 Å². The molecule has 1 saturated heterocycles. The number of nitrogens with one attached hydrogen (secondary N) is 1. The molecule has 18 heavy (non-hydrogen) atoms. The van der Waals surface area contributed by atoms with Gasteiger partial charge in [-0.15, -0.1) is 0 Å². The predicted octanol–water partition coefficient (Wildman–Crippen LogP) is 2.27. The summed E-state index contributed by atoms with van der Waals surface area (Å²) in [5, 5.41) is 3.26. The van der Waals surface area contributed by atoms with Crippen molar-refractivity contribution in [3.63, 3.8) is 0 Å². The molecule has 104 valence electrons. The van der Waals surface area contributed by atoms with Crippen molar-refractivity contribution in [2.75, 3.05) is 20.1 Å². The summed E-state index contributed by atoms with van der Waals surface area (Å²) in [5.41, 5.74) is 0. The summed E-state index contributed by atoms with van der Waals surface area (Å²) in [6, 6.07) is 0.496. The van der Waals surface area contributed by atoms with Gasteiger partial charge < -0.3 is 10.2 Å². The maximum atomic E-state index is 12.4. The first-order valence-corrected chi connectivity index (χ1v) is 7.60. The number of amides is 1. The Kier molecular flexibility index (Phi) is 4.66. The zero-order valence-corrected chi connectivity index (χ0v) is 12.1. The molecule has 1 aliphatic carbocycles. The van der Waals surface area contributed by atoms with Crippen LogP contribution in [0.4, 0.5) is 0 Å². The van der Waals surface area contributed by atoms with Gasteiger partial charge in [-0.25, -0.2) is 0 Å². The van der Waals surface area contributed by atoms with Crippen molar-refractivity contribution in [1.82, 2.24) is 10.2 Å². The fourth-order valence-corrected chi connectivity index (χ4v) is 3.31. The molecule has 0 radical (unpaired) electrons. The largest absolute Gasteiger partial charge is 0.343 e. The van der Waals surface area contributed by atoms with E-state index in [0.717, 1.165) is 19.0 Å². The molecule has 2 rings (SSSR count). The first-order valence-electron chi connectivity index (χ1n) is 7.60. The molecule has 2 aliphatic rings. The van der Waals surface area contributed by atoms with Crippen LogP contribution >= 0.6 is 0 Å². The topological polar surface area (TPSA) is 32.3 Å². The van der Waals surface area contributed by atoms with Crippen LogP contribution in [0.25, 0.3) is 0 Å². The van der Waals surface area contributed by atoms with Crippen LogP contribution in [0, 0.1) is 17.8 Å². The summed E-state index contributed by atoms with van der Waals surface area (Å²) in [4.78, 5) is 14.5. The highest BCUT2D eigenvalue weighted by Crippen LogP contribution is 2.30. The van der Waals surface area contributed by atoms with Gasteiger partial charge in [0.1, 0.15) is 0 Å². The number of nitrogens with zero attached hydrogens (tertiary/aromatic N) is 1. The minimum absolute atomic E-state index is 0.195. The Morgan fingerprint density at radius 2 is 1.89 bits per heavy atom. The fourth-order valence-electron chi connectivity index (χ4n) is 3.31. The number of hydrogen-bond acceptors (Lipinski definition) is 2. The van der Waals surface area contributed by atoms with Crippen LogP contribution in [0.5, 0.6) is 0 Å². The monoisotopic (exact) mass is 252 g/mol. The van der Waals surface area contributed by atoms with Gasteiger partial charge in [-0.2, -0.15) is 0 Å². The van der Waals surface area contributed by atoms with Gasteiger partial charge in [0.05, 0.1) is 0 Å². The van der Waals surface area contributed by atoms with E-state index in [1.807, 2.05) is 7.05 Å². The normalized spacial score (nSPS) is 30.6. The van der Waals surface area contributed by atoms with Crippen molar-refractivity contribution in [2.45, 2.75) is 52.0 Å². The first kappa shape index (κ1) is 13.9. The molecule has 0 bridgehead atoms. The molecule has 1 heterocycles. The second-order valence-electron chi connectivity index (χ2n) is 6.24. The molecule has 1 aliphatic heterocycles. The highest BCUT2D eigenvalue weighted by atomic mass is 16.2. The summed E-state index contributed by atoms with van der Waals surface area (Å²) in [7, 11) is 2.02. The van der Waals surface area contributed by atoms with Crippen LogP contribution in [-0.2, 0) is 4.79 Å². The molecule has 0 aromatic heterocycles. The van der Waals surface area contributed by atoms with Crippen molar-refractivity contribution in [3.05, 3.63) is 0 Å². The SMILES string of the molecule is CCC1CCC(N(C)C(=O)C(C)C2CNC2)CC1. The molecule has 1 unspecified atom stereocenters. The van der Waals surface area contributed by atoms with Gasteiger partial charge in [0.15, 0.2) is 0 Å². The van der Waals surface area contributed by atoms with Crippen molar-refractivity contribution < 1.29 is 4.79 Å². The third-order valence-electron chi connectivity index (χ3n) is 5.20. The zero-order chi connectivity index (χ0) is 13.1. The molecule has 1 atom stereocenters. The summed E-state index contributed by atoms with van der Waals surface area (Å²) in [6.45, 7) is 6.42. The van der Waals surface area contributed by atoms with Crippen molar-refractivity contribution in [3.8, 4) is 0 Å². The van der Waals surface area contributed by atoms with Gasteiger partial charge in [0.2, 0.25) is 5.91 Å². The van der Waals surface area contributed by atoms with Gasteiger partial charge in [-0.05, 0) is 50.6 Å². The summed E-state index contributed by atoms with van der Waals surface area (Å²) in [5.74, 6) is 2.02. The van der Waals surface area contributed by atoms with E-state index in [4.69, 9.17) is 0 Å². The Morgan fingerprint density at radius 1 is 1.28 bits per heavy atom. The average molecular weight is 252 g/mol. The van der Waals surface area contributed by atoms with E-state index in [0.29, 0.717) is 17.9 Å². The van der Waals surface area contributed by atoms with Gasteiger partial charge >= 0.3 is 0 Å². The predicted molar refractivity (Wildman–Crippen MR) is 74.3 cm³/mol. The number of carbonyl (C=O) groups is 1. The van der Waals surface area contributed by atoms with Gasteiger partial charge in [-0.3, -0.25) is 4.79 Å². The van der Waals surface area contributed by atoms with Crippen LogP contribution < -0.4 is 5.32 Å². The molecule has 1 amide bonds. The molecule has 2 fully saturated rings. The standard InChI is InChI=1S/C15H28N2O/c1-4-12-5-7-14(8-6-12)17(3)15(18)11(2)13-9-16-10-13/h11-14,16H,4-10H2,1-3H3. The minimum Gasteiger partial charge on any atom is -0.343 e. The lowest BCUT2D eigenvalue weighted by Crippen LogP contribution is -2.51. The molecular weight excluding hydrogens is 224 g/mol. The Labute approximate surface area is 111 Å². The number of rotatable bonds is 4. The quantitative estimate of drug-likeness (QED) is 0.832. The second kappa shape index (κ2) is 6.05. The maximum Gasteiger partial charge on any atom is 0.225 e. The highest BCUT2D eigenvalue weighted by Gasteiger charge is 2.33. The maximum absolute atomic E-state index is 12.4. The Bertz CT molecular complexity index is 280. The molecule has 0 aromatic rings. The lowest BCUT2D eigenvalue weighted by molar-refractivity contribution is -0.139. The summed E-state index contributed by atoms with van der Waals surface area (Å²) < 4.78 is 0. The second-order valence-corrected chi connectivity index (χ2v) is 6.24. The highest BCUT2D eigenvalue weighted by molar-refractivity contribution is 5.79. The van der Waals surface area contributed by atoms with Crippen molar-refractivity contribution in [1.29, 1.82) is 0 Å². The molecular formula is C15H28N2O. The van der Waals surface area contributed by atoms with E-state index < -0.39 is 0 Å². The lowest BCUT2D eigenvalue weighted by atomic mass is 9.83.